The average Bonchev–Trinajstić information content (AvgIpc) is 2.16. The van der Waals surface area contributed by atoms with Crippen molar-refractivity contribution in [3.8, 4) is 11.5 Å². The molecule has 0 aromatic heterocycles. The van der Waals surface area contributed by atoms with Crippen LogP contribution >= 0.6 is 0 Å². The van der Waals surface area contributed by atoms with Gasteiger partial charge >= 0.3 is 0 Å². The van der Waals surface area contributed by atoms with E-state index in [0.717, 1.165) is 11.3 Å². The van der Waals surface area contributed by atoms with Gasteiger partial charge in [0.05, 0.1) is 14.2 Å². The highest BCUT2D eigenvalue weighted by Crippen LogP contribution is 2.27. The Labute approximate surface area is 90.6 Å². The van der Waals surface area contributed by atoms with E-state index in [4.69, 9.17) is 9.47 Å². The number of hydrogen-bond acceptors (Lipinski definition) is 2. The highest BCUT2D eigenvalue weighted by Gasteiger charge is 2.18. The summed E-state index contributed by atoms with van der Waals surface area (Å²) in [7, 11) is 3.20. The molecular formula is C12H17O3. The monoisotopic (exact) mass is 209 g/mol. The molecule has 3 heteroatoms. The van der Waals surface area contributed by atoms with E-state index < -0.39 is 5.60 Å². The zero-order valence-electron chi connectivity index (χ0n) is 9.66. The molecule has 0 saturated heterocycles. The molecule has 0 N–H and O–H groups in total. The maximum absolute atomic E-state index is 11.6. The molecule has 0 spiro atoms. The Bertz CT molecular complexity index is 326. The molecule has 0 bridgehead atoms. The third kappa shape index (κ3) is 3.44. The number of rotatable bonds is 4. The Morgan fingerprint density at radius 1 is 1.20 bits per heavy atom. The van der Waals surface area contributed by atoms with Gasteiger partial charge in [0.25, 0.3) is 0 Å². The topological polar surface area (TPSA) is 38.4 Å². The van der Waals surface area contributed by atoms with Crippen LogP contribution in [0.25, 0.3) is 0 Å². The minimum absolute atomic E-state index is 0.445. The molecule has 1 rings (SSSR count). The molecule has 1 aromatic rings. The molecule has 0 heterocycles. The summed E-state index contributed by atoms with van der Waals surface area (Å²) in [5.74, 6) is 1.44. The summed E-state index contributed by atoms with van der Waals surface area (Å²) in [5, 5.41) is 11.6. The summed E-state index contributed by atoms with van der Waals surface area (Å²) in [6, 6.07) is 5.50. The lowest BCUT2D eigenvalue weighted by molar-refractivity contribution is 0.00434. The first-order valence-corrected chi connectivity index (χ1v) is 4.87. The van der Waals surface area contributed by atoms with Gasteiger partial charge in [0.1, 0.15) is 17.1 Å². The third-order valence-electron chi connectivity index (χ3n) is 2.11. The number of hydrogen-bond donors (Lipinski definition) is 0. The van der Waals surface area contributed by atoms with Gasteiger partial charge in [0.2, 0.25) is 0 Å². The van der Waals surface area contributed by atoms with E-state index in [0.29, 0.717) is 12.2 Å². The van der Waals surface area contributed by atoms with Gasteiger partial charge in [-0.1, -0.05) is 6.07 Å². The SMILES string of the molecule is COc1ccc(CC(C)(C)[O])c(OC)c1. The molecule has 0 atom stereocenters. The Morgan fingerprint density at radius 3 is 2.33 bits per heavy atom. The van der Waals surface area contributed by atoms with Crippen LogP contribution in [0.1, 0.15) is 19.4 Å². The van der Waals surface area contributed by atoms with Gasteiger partial charge in [0, 0.05) is 12.5 Å². The maximum Gasteiger partial charge on any atom is 0.125 e. The quantitative estimate of drug-likeness (QED) is 0.764. The predicted octanol–water partition coefficient (Wildman–Crippen LogP) is 2.46. The van der Waals surface area contributed by atoms with Crippen LogP contribution in [0, 0.1) is 0 Å². The second kappa shape index (κ2) is 4.53. The normalized spacial score (nSPS) is 11.3. The third-order valence-corrected chi connectivity index (χ3v) is 2.11. The fourth-order valence-corrected chi connectivity index (χ4v) is 1.46. The van der Waals surface area contributed by atoms with Crippen molar-refractivity contribution in [2.45, 2.75) is 25.9 Å². The molecule has 0 aliphatic carbocycles. The Kier molecular flexibility index (Phi) is 3.58. The van der Waals surface area contributed by atoms with Crippen LogP contribution in [0.3, 0.4) is 0 Å². The van der Waals surface area contributed by atoms with Gasteiger partial charge in [-0.15, -0.1) is 0 Å². The summed E-state index contributed by atoms with van der Waals surface area (Å²) in [6.07, 6.45) is 0.445. The molecule has 0 saturated carbocycles. The largest absolute Gasteiger partial charge is 0.497 e. The lowest BCUT2D eigenvalue weighted by Crippen LogP contribution is -2.20. The van der Waals surface area contributed by atoms with Crippen LogP contribution in [-0.2, 0) is 11.5 Å². The van der Waals surface area contributed by atoms with E-state index in [9.17, 15) is 5.11 Å². The second-order valence-corrected chi connectivity index (χ2v) is 4.11. The smallest absolute Gasteiger partial charge is 0.125 e. The van der Waals surface area contributed by atoms with Crippen molar-refractivity contribution in [2.75, 3.05) is 14.2 Å². The van der Waals surface area contributed by atoms with Gasteiger partial charge < -0.3 is 9.47 Å². The number of methoxy groups -OCH3 is 2. The number of ether oxygens (including phenoxy) is 2. The van der Waals surface area contributed by atoms with Crippen molar-refractivity contribution in [2.24, 2.45) is 0 Å². The summed E-state index contributed by atoms with van der Waals surface area (Å²) in [6.45, 7) is 3.33. The molecular weight excluding hydrogens is 192 g/mol. The molecule has 0 unspecified atom stereocenters. The van der Waals surface area contributed by atoms with Crippen molar-refractivity contribution in [1.29, 1.82) is 0 Å². The lowest BCUT2D eigenvalue weighted by Gasteiger charge is -2.17. The van der Waals surface area contributed by atoms with Crippen LogP contribution in [0.5, 0.6) is 11.5 Å². The van der Waals surface area contributed by atoms with Crippen LogP contribution < -0.4 is 9.47 Å². The molecule has 1 aromatic carbocycles. The molecule has 0 aliphatic rings. The lowest BCUT2D eigenvalue weighted by atomic mass is 9.98. The molecule has 1 radical (unpaired) electrons. The second-order valence-electron chi connectivity index (χ2n) is 4.11. The maximum atomic E-state index is 11.6. The van der Waals surface area contributed by atoms with Crippen LogP contribution in [0.2, 0.25) is 0 Å². The minimum atomic E-state index is -0.984. The van der Waals surface area contributed by atoms with Crippen LogP contribution in [0.4, 0.5) is 0 Å². The summed E-state index contributed by atoms with van der Waals surface area (Å²) in [4.78, 5) is 0. The van der Waals surface area contributed by atoms with Crippen molar-refractivity contribution < 1.29 is 14.6 Å². The van der Waals surface area contributed by atoms with E-state index in [2.05, 4.69) is 0 Å². The van der Waals surface area contributed by atoms with Gasteiger partial charge in [-0.25, -0.2) is 5.11 Å². The summed E-state index contributed by atoms with van der Waals surface area (Å²) in [5.41, 5.74) is -0.0692. The van der Waals surface area contributed by atoms with Crippen molar-refractivity contribution >= 4 is 0 Å². The van der Waals surface area contributed by atoms with E-state index in [1.165, 1.54) is 0 Å². The van der Waals surface area contributed by atoms with Gasteiger partial charge in [-0.2, -0.15) is 0 Å². The molecule has 0 amide bonds. The van der Waals surface area contributed by atoms with Crippen molar-refractivity contribution in [3.05, 3.63) is 23.8 Å². The van der Waals surface area contributed by atoms with E-state index in [1.807, 2.05) is 12.1 Å². The zero-order chi connectivity index (χ0) is 11.5. The first-order chi connectivity index (χ1) is 6.96. The molecule has 0 fully saturated rings. The van der Waals surface area contributed by atoms with Crippen molar-refractivity contribution in [3.63, 3.8) is 0 Å². The van der Waals surface area contributed by atoms with Gasteiger partial charge in [-0.05, 0) is 25.5 Å². The van der Waals surface area contributed by atoms with E-state index in [-0.39, 0.29) is 0 Å². The molecule has 0 aliphatic heterocycles. The highest BCUT2D eigenvalue weighted by molar-refractivity contribution is 5.41. The Morgan fingerprint density at radius 2 is 1.87 bits per heavy atom. The predicted molar refractivity (Wildman–Crippen MR) is 58.0 cm³/mol. The molecule has 15 heavy (non-hydrogen) atoms. The molecule has 3 nitrogen and oxygen atoms in total. The van der Waals surface area contributed by atoms with Crippen molar-refractivity contribution in [1.82, 2.24) is 0 Å². The first kappa shape index (κ1) is 11.9. The highest BCUT2D eigenvalue weighted by atomic mass is 16.5. The van der Waals surface area contributed by atoms with E-state index >= 15 is 0 Å². The van der Waals surface area contributed by atoms with E-state index in [1.54, 1.807) is 34.1 Å². The Hall–Kier alpha value is -1.22. The number of benzene rings is 1. The van der Waals surface area contributed by atoms with Gasteiger partial charge in [-0.3, -0.25) is 0 Å². The zero-order valence-corrected chi connectivity index (χ0v) is 9.66. The standard InChI is InChI=1S/C12H17O3/c1-12(2,13)8-9-5-6-10(14-3)7-11(9)15-4/h5-7H,8H2,1-4H3. The summed E-state index contributed by atoms with van der Waals surface area (Å²) >= 11 is 0. The minimum Gasteiger partial charge on any atom is -0.497 e. The average molecular weight is 209 g/mol. The van der Waals surface area contributed by atoms with Crippen LogP contribution in [-0.4, -0.2) is 19.8 Å². The van der Waals surface area contributed by atoms with Gasteiger partial charge in [0.15, 0.2) is 0 Å². The Balaban J connectivity index is 2.97. The fourth-order valence-electron chi connectivity index (χ4n) is 1.46. The fraction of sp³-hybridized carbons (Fsp3) is 0.500. The molecule has 83 valence electrons. The summed E-state index contributed by atoms with van der Waals surface area (Å²) < 4.78 is 10.3. The van der Waals surface area contributed by atoms with Crippen LogP contribution in [0.15, 0.2) is 18.2 Å². The first-order valence-electron chi connectivity index (χ1n) is 4.87.